The Bertz CT molecular complexity index is 2270. The van der Waals surface area contributed by atoms with Crippen LogP contribution in [0.3, 0.4) is 0 Å². The molecule has 5 N–H and O–H groups in total. The van der Waals surface area contributed by atoms with Crippen LogP contribution in [0.15, 0.2) is 72.5 Å². The van der Waals surface area contributed by atoms with Gasteiger partial charge in [0.25, 0.3) is 17.6 Å². The van der Waals surface area contributed by atoms with Gasteiger partial charge in [0.05, 0.1) is 41.2 Å². The van der Waals surface area contributed by atoms with Gasteiger partial charge in [-0.3, -0.25) is 19.2 Å². The average molecular weight is 859 g/mol. The summed E-state index contributed by atoms with van der Waals surface area (Å²) in [5.41, 5.74) is 0.561. The highest BCUT2D eigenvalue weighted by Crippen LogP contribution is 2.54. The molecule has 0 radical (unpaired) electrons. The number of ketones is 1. The molecule has 334 valence electrons. The Hall–Kier alpha value is -5.90. The quantitative estimate of drug-likeness (QED) is 0.127. The van der Waals surface area contributed by atoms with Crippen molar-refractivity contribution in [1.29, 1.82) is 0 Å². The van der Waals surface area contributed by atoms with Crippen LogP contribution in [-0.2, 0) is 28.6 Å². The number of allylic oxidation sites excluding steroid dienone is 2. The number of methoxy groups -OCH3 is 1. The summed E-state index contributed by atoms with van der Waals surface area (Å²) in [7, 11) is 1.44. The molecular weight excluding hydrogens is 801 g/mol. The molecular formula is C47H58N2O13. The molecule has 15 heteroatoms. The highest BCUT2D eigenvalue weighted by Gasteiger charge is 2.50. The molecule has 9 atom stereocenters. The summed E-state index contributed by atoms with van der Waals surface area (Å²) in [4.78, 5) is 55.8. The van der Waals surface area contributed by atoms with Crippen LogP contribution in [0.1, 0.15) is 71.3 Å². The Morgan fingerprint density at radius 1 is 0.935 bits per heavy atom. The maximum atomic E-state index is 14.6. The number of hydrogen-bond donors (Lipinski definition) is 5. The lowest BCUT2D eigenvalue weighted by atomic mass is 9.78. The van der Waals surface area contributed by atoms with Gasteiger partial charge in [0, 0.05) is 79.5 Å². The molecule has 0 spiro atoms. The highest BCUT2D eigenvalue weighted by atomic mass is 16.7. The van der Waals surface area contributed by atoms with Gasteiger partial charge in [-0.2, -0.15) is 0 Å². The van der Waals surface area contributed by atoms with Gasteiger partial charge in [0.1, 0.15) is 23.4 Å². The number of esters is 1. The number of aliphatic hydroxyl groups excluding tert-OH is 2. The number of phenols is 2. The van der Waals surface area contributed by atoms with Crippen LogP contribution in [-0.4, -0.2) is 94.5 Å². The van der Waals surface area contributed by atoms with E-state index in [0.29, 0.717) is 12.2 Å². The summed E-state index contributed by atoms with van der Waals surface area (Å²) >= 11 is 0. The van der Waals surface area contributed by atoms with E-state index in [4.69, 9.17) is 23.7 Å². The number of rotatable bonds is 7. The summed E-state index contributed by atoms with van der Waals surface area (Å²) < 4.78 is 29.9. The van der Waals surface area contributed by atoms with E-state index in [9.17, 15) is 39.6 Å². The molecule has 9 unspecified atom stereocenters. The number of aliphatic hydroxyl groups is 2. The topological polar surface area (TPSA) is 211 Å². The maximum absolute atomic E-state index is 14.6. The predicted octanol–water partition coefficient (Wildman–Crippen LogP) is 6.48. The molecule has 15 nitrogen and oxygen atoms in total. The Labute approximate surface area is 361 Å². The number of benzene rings is 3. The summed E-state index contributed by atoms with van der Waals surface area (Å²) in [6.45, 7) is 14.1. The third kappa shape index (κ3) is 9.44. The summed E-state index contributed by atoms with van der Waals surface area (Å²) in [6.07, 6.45) is 3.55. The molecule has 0 aliphatic carbocycles. The van der Waals surface area contributed by atoms with Crippen LogP contribution in [0.2, 0.25) is 0 Å². The number of carbonyl (C=O) groups excluding carboxylic acids is 4. The smallest absolute Gasteiger partial charge is 0.312 e. The van der Waals surface area contributed by atoms with E-state index in [1.807, 2.05) is 6.07 Å². The zero-order chi connectivity index (χ0) is 45.8. The number of ether oxygens (including phenoxy) is 5. The van der Waals surface area contributed by atoms with E-state index < -0.39 is 95.5 Å². The minimum absolute atomic E-state index is 0.0663. The predicted molar refractivity (Wildman–Crippen MR) is 232 cm³/mol. The number of anilines is 2. The standard InChI is InChI=1S/C47H58N2O13/c1-11-49(31-18-13-12-14-19-31)35(51)23-59-34-22-32-42(55)37-36(34)38-44(29(7)41(37)54)62-47(9,45(38)56)60-21-20-33(58-10)26(4)43(61-30(8)50)28(6)40(53)27(5)39(52)24(2)16-15-17-25(3)46(57)48-32/h12-22,24,26-28,33,39-40,43,52-55H,11,23H2,1-10H3,(H,48,57)/b16-15+,21-20+,25-17-. The van der Waals surface area contributed by atoms with Crippen LogP contribution in [0.4, 0.5) is 11.4 Å². The van der Waals surface area contributed by atoms with Crippen LogP contribution in [0.25, 0.3) is 10.8 Å². The zero-order valence-corrected chi connectivity index (χ0v) is 36.8. The number of amides is 2. The van der Waals surface area contributed by atoms with Gasteiger partial charge in [0.2, 0.25) is 0 Å². The summed E-state index contributed by atoms with van der Waals surface area (Å²) in [6, 6.07) is 10.2. The van der Waals surface area contributed by atoms with Crippen molar-refractivity contribution >= 4 is 45.7 Å². The van der Waals surface area contributed by atoms with Gasteiger partial charge in [-0.25, -0.2) is 0 Å². The first-order valence-electron chi connectivity index (χ1n) is 20.6. The number of fused-ring (bicyclic) bond motifs is 14. The van der Waals surface area contributed by atoms with Gasteiger partial charge in [-0.1, -0.05) is 64.1 Å². The Balaban J connectivity index is 1.67. The monoisotopic (exact) mass is 858 g/mol. The first-order valence-corrected chi connectivity index (χ1v) is 20.6. The van der Waals surface area contributed by atoms with Gasteiger partial charge < -0.3 is 54.3 Å². The number of carbonyl (C=O) groups is 4. The maximum Gasteiger partial charge on any atom is 0.312 e. The van der Waals surface area contributed by atoms with E-state index in [0.717, 1.165) is 0 Å². The molecule has 62 heavy (non-hydrogen) atoms. The molecule has 3 aliphatic heterocycles. The molecule has 3 aromatic rings. The number of likely N-dealkylation sites (N-methyl/N-ethyl adjacent to an activating group) is 1. The normalized spacial score (nSPS) is 28.9. The number of hydrogen-bond acceptors (Lipinski definition) is 13. The number of Topliss-reactive ketones (excluding diaryl/α,β-unsaturated/α-hetero) is 1. The van der Waals surface area contributed by atoms with Crippen molar-refractivity contribution in [2.45, 2.75) is 92.5 Å². The molecule has 5 bridgehead atoms. The molecule has 3 heterocycles. The summed E-state index contributed by atoms with van der Waals surface area (Å²) in [5.74, 6) is -8.24. The third-order valence-electron chi connectivity index (χ3n) is 11.9. The second-order valence-electron chi connectivity index (χ2n) is 16.2. The van der Waals surface area contributed by atoms with Crippen molar-refractivity contribution in [3.8, 4) is 23.0 Å². The molecule has 0 saturated carbocycles. The largest absolute Gasteiger partial charge is 0.507 e. The number of aromatic hydroxyl groups is 2. The van der Waals surface area contributed by atoms with E-state index in [1.165, 1.54) is 64.2 Å². The Morgan fingerprint density at radius 3 is 2.24 bits per heavy atom. The van der Waals surface area contributed by atoms with Crippen LogP contribution in [0.5, 0.6) is 23.0 Å². The van der Waals surface area contributed by atoms with Crippen molar-refractivity contribution in [1.82, 2.24) is 0 Å². The van der Waals surface area contributed by atoms with Gasteiger partial charge in [-0.15, -0.1) is 0 Å². The fourth-order valence-corrected chi connectivity index (χ4v) is 8.08. The van der Waals surface area contributed by atoms with E-state index in [-0.39, 0.29) is 44.7 Å². The lowest BCUT2D eigenvalue weighted by Crippen LogP contribution is -2.46. The van der Waals surface area contributed by atoms with Crippen LogP contribution in [0, 0.1) is 30.6 Å². The SMILES string of the molecule is CCN(C(=O)COc1cc2c(O)c3c(O)c(C)c4c(c13)C(=O)C(C)(O/C=C/C(OC)C(C)C(OC(C)=O)C(C)C(O)C(C)C(O)C(C)/C=C/C=C(/C)C(=O)N2)O4)c1ccccc1. The minimum atomic E-state index is -2.04. The lowest BCUT2D eigenvalue weighted by molar-refractivity contribution is -0.160. The first-order chi connectivity index (χ1) is 29.3. The third-order valence-corrected chi connectivity index (χ3v) is 11.9. The van der Waals surface area contributed by atoms with Crippen molar-refractivity contribution < 1.29 is 63.3 Å². The van der Waals surface area contributed by atoms with E-state index >= 15 is 0 Å². The van der Waals surface area contributed by atoms with Crippen molar-refractivity contribution in [2.75, 3.05) is 30.5 Å². The molecule has 3 aromatic carbocycles. The number of phenolic OH excluding ortho intramolecular Hbond substituents is 2. The van der Waals surface area contributed by atoms with E-state index in [1.54, 1.807) is 71.0 Å². The molecule has 2 amide bonds. The molecule has 0 fully saturated rings. The van der Waals surface area contributed by atoms with Gasteiger partial charge in [0.15, 0.2) is 12.4 Å². The second kappa shape index (κ2) is 19.4. The Kier molecular flexibility index (Phi) is 14.8. The fourth-order valence-electron chi connectivity index (χ4n) is 8.08. The van der Waals surface area contributed by atoms with Crippen molar-refractivity contribution in [3.63, 3.8) is 0 Å². The van der Waals surface area contributed by atoms with E-state index in [2.05, 4.69) is 5.32 Å². The average Bonchev–Trinajstić information content (AvgIpc) is 3.51. The number of para-hydroxylation sites is 1. The van der Waals surface area contributed by atoms with Gasteiger partial charge >= 0.3 is 11.8 Å². The van der Waals surface area contributed by atoms with Gasteiger partial charge in [-0.05, 0) is 39.0 Å². The van der Waals surface area contributed by atoms with Crippen molar-refractivity contribution in [3.05, 3.63) is 83.7 Å². The number of nitrogens with zero attached hydrogens (tertiary/aromatic N) is 1. The summed E-state index contributed by atoms with van der Waals surface area (Å²) in [5, 5.41) is 48.6. The fraction of sp³-hybridized carbons (Fsp3) is 0.447. The lowest BCUT2D eigenvalue weighted by Gasteiger charge is -2.38. The second-order valence-corrected chi connectivity index (χ2v) is 16.2. The Morgan fingerprint density at radius 2 is 1.61 bits per heavy atom. The first kappa shape index (κ1) is 47.2. The number of nitrogens with one attached hydrogen (secondary N) is 1. The van der Waals surface area contributed by atoms with Crippen LogP contribution >= 0.6 is 0 Å². The molecule has 0 saturated heterocycles. The zero-order valence-electron chi connectivity index (χ0n) is 36.8. The van der Waals surface area contributed by atoms with Crippen molar-refractivity contribution in [2.24, 2.45) is 23.7 Å². The minimum Gasteiger partial charge on any atom is -0.507 e. The molecule has 6 rings (SSSR count). The highest BCUT2D eigenvalue weighted by molar-refractivity contribution is 6.21. The molecule has 0 aromatic heterocycles. The van der Waals surface area contributed by atoms with Crippen LogP contribution < -0.4 is 19.7 Å². The molecule has 3 aliphatic rings.